The lowest BCUT2D eigenvalue weighted by Gasteiger charge is -2.44. The molecule has 1 saturated carbocycles. The number of halogens is 5. The Morgan fingerprint density at radius 3 is 2.03 bits per heavy atom. The van der Waals surface area contributed by atoms with Crippen LogP contribution >= 0.6 is 0 Å². The predicted molar refractivity (Wildman–Crippen MR) is 131 cm³/mol. The minimum absolute atomic E-state index is 0.00628. The summed E-state index contributed by atoms with van der Waals surface area (Å²) in [5.41, 5.74) is -2.10. The zero-order valence-corrected chi connectivity index (χ0v) is 21.5. The van der Waals surface area contributed by atoms with Crippen LogP contribution in [-0.2, 0) is 19.3 Å². The Labute approximate surface area is 218 Å². The molecule has 1 heterocycles. The first-order valence-corrected chi connectivity index (χ1v) is 13.7. The predicted octanol–water partition coefficient (Wildman–Crippen LogP) is 6.47. The fourth-order valence-corrected chi connectivity index (χ4v) is 7.52. The highest BCUT2D eigenvalue weighted by atomic mass is 32.2. The van der Waals surface area contributed by atoms with Crippen LogP contribution in [0.1, 0.15) is 44.6 Å². The molecule has 0 bridgehead atoms. The van der Waals surface area contributed by atoms with Crippen molar-refractivity contribution in [2.75, 3.05) is 6.61 Å². The van der Waals surface area contributed by atoms with Crippen LogP contribution in [0, 0.1) is 11.8 Å². The summed E-state index contributed by atoms with van der Waals surface area (Å²) in [7, 11) is -5.17. The molecule has 1 aliphatic heterocycles. The van der Waals surface area contributed by atoms with Gasteiger partial charge in [0.05, 0.1) is 10.5 Å². The van der Waals surface area contributed by atoms with Crippen molar-refractivity contribution >= 4 is 9.84 Å². The van der Waals surface area contributed by atoms with Crippen molar-refractivity contribution in [3.63, 3.8) is 0 Å². The second-order valence-corrected chi connectivity index (χ2v) is 11.5. The second kappa shape index (κ2) is 9.78. The molecule has 4 nitrogen and oxygen atoms in total. The van der Waals surface area contributed by atoms with Crippen LogP contribution in [-0.4, -0.2) is 43.3 Å². The van der Waals surface area contributed by atoms with Crippen molar-refractivity contribution in [3.05, 3.63) is 78.4 Å². The minimum atomic E-state index is -6.24. The number of ether oxygens (including phenoxy) is 2. The van der Waals surface area contributed by atoms with Gasteiger partial charge in [-0.15, -0.1) is 0 Å². The van der Waals surface area contributed by atoms with E-state index in [9.17, 15) is 21.6 Å². The van der Waals surface area contributed by atoms with Gasteiger partial charge in [-0.25, -0.2) is 8.42 Å². The first-order chi connectivity index (χ1) is 17.8. The summed E-state index contributed by atoms with van der Waals surface area (Å²) in [5, 5.41) is 0. The Morgan fingerprint density at radius 1 is 0.947 bits per heavy atom. The van der Waals surface area contributed by atoms with Crippen molar-refractivity contribution in [2.45, 2.75) is 72.2 Å². The zero-order chi connectivity index (χ0) is 27.9. The molecule has 2 fully saturated rings. The maximum atomic E-state index is 15.9. The van der Waals surface area contributed by atoms with Gasteiger partial charge in [0.25, 0.3) is 5.79 Å². The van der Waals surface area contributed by atoms with Gasteiger partial charge >= 0.3 is 12.1 Å². The van der Waals surface area contributed by atoms with Crippen molar-refractivity contribution in [3.8, 4) is 11.8 Å². The Kier molecular flexibility index (Phi) is 7.27. The summed E-state index contributed by atoms with van der Waals surface area (Å²) in [5.74, 6) is -4.97. The van der Waals surface area contributed by atoms with Gasteiger partial charge in [-0.3, -0.25) is 0 Å². The standard InChI is InChI=1S/C28H27F5O4S/c1-3-36-27(26(29,30)28(31,32)33)25(20-17-22-13-7-4-8-14-22,38(34,35)23-15-9-5-10-16-23)21(2)24(37-27)18-11-6-12-19-24/h4-5,7-10,13-16H,2-3,6,11-12,18-19H2,1H3/t25-,27+/m1/s1. The molecule has 0 unspecified atom stereocenters. The van der Waals surface area contributed by atoms with Crippen LogP contribution < -0.4 is 0 Å². The third-order valence-electron chi connectivity index (χ3n) is 7.17. The van der Waals surface area contributed by atoms with Crippen LogP contribution in [0.3, 0.4) is 0 Å². The summed E-state index contributed by atoms with van der Waals surface area (Å²) in [6, 6.07) is 14.2. The van der Waals surface area contributed by atoms with Gasteiger partial charge < -0.3 is 9.47 Å². The molecule has 4 rings (SSSR count). The summed E-state index contributed by atoms with van der Waals surface area (Å²) in [6.07, 6.45) is -4.77. The average molecular weight is 555 g/mol. The van der Waals surface area contributed by atoms with Gasteiger partial charge in [-0.1, -0.05) is 74.1 Å². The van der Waals surface area contributed by atoms with Crippen LogP contribution in [0.15, 0.2) is 77.7 Å². The lowest BCUT2D eigenvalue weighted by atomic mass is 9.75. The normalized spacial score (nSPS) is 25.7. The van der Waals surface area contributed by atoms with E-state index in [-0.39, 0.29) is 18.4 Å². The molecule has 2 aromatic carbocycles. The highest BCUT2D eigenvalue weighted by molar-refractivity contribution is 7.93. The molecule has 204 valence electrons. The van der Waals surface area contributed by atoms with Crippen molar-refractivity contribution in [1.82, 2.24) is 0 Å². The Bertz CT molecular complexity index is 1340. The molecule has 10 heteroatoms. The maximum absolute atomic E-state index is 15.9. The third kappa shape index (κ3) is 3.98. The van der Waals surface area contributed by atoms with Crippen molar-refractivity contribution in [2.24, 2.45) is 0 Å². The SMILES string of the molecule is C=C1C2(CCCCC2)O[C@](OCC)(C(F)(F)C(F)(F)F)[C@]1(C#Cc1ccccc1)S(=O)(=O)c1ccccc1. The highest BCUT2D eigenvalue weighted by Crippen LogP contribution is 2.65. The van der Waals surface area contributed by atoms with E-state index < -0.39 is 55.1 Å². The molecule has 0 amide bonds. The van der Waals surface area contributed by atoms with Gasteiger partial charge in [-0.2, -0.15) is 22.0 Å². The van der Waals surface area contributed by atoms with Gasteiger partial charge in [-0.05, 0) is 49.6 Å². The van der Waals surface area contributed by atoms with E-state index in [1.807, 2.05) is 0 Å². The van der Waals surface area contributed by atoms with Crippen LogP contribution in [0.2, 0.25) is 0 Å². The third-order valence-corrected chi connectivity index (χ3v) is 9.49. The fourth-order valence-electron chi connectivity index (χ4n) is 5.37. The van der Waals surface area contributed by atoms with Crippen LogP contribution in [0.25, 0.3) is 0 Å². The van der Waals surface area contributed by atoms with Crippen molar-refractivity contribution in [1.29, 1.82) is 0 Å². The minimum Gasteiger partial charge on any atom is -0.343 e. The van der Waals surface area contributed by atoms with E-state index in [4.69, 9.17) is 9.47 Å². The summed E-state index contributed by atoms with van der Waals surface area (Å²) >= 11 is 0. The van der Waals surface area contributed by atoms with Gasteiger partial charge in [0.1, 0.15) is 0 Å². The summed E-state index contributed by atoms with van der Waals surface area (Å²) < 4.78 is 111. The summed E-state index contributed by atoms with van der Waals surface area (Å²) in [6.45, 7) is 4.35. The Morgan fingerprint density at radius 2 is 1.50 bits per heavy atom. The smallest absolute Gasteiger partial charge is 0.343 e. The van der Waals surface area contributed by atoms with Crippen LogP contribution in [0.4, 0.5) is 22.0 Å². The first-order valence-electron chi connectivity index (χ1n) is 12.2. The summed E-state index contributed by atoms with van der Waals surface area (Å²) in [4.78, 5) is -0.512. The van der Waals surface area contributed by atoms with Gasteiger partial charge in [0.2, 0.25) is 14.6 Å². The quantitative estimate of drug-likeness (QED) is 0.242. The topological polar surface area (TPSA) is 52.6 Å². The zero-order valence-electron chi connectivity index (χ0n) is 20.7. The number of hydrogen-bond donors (Lipinski definition) is 0. The number of alkyl halides is 5. The number of rotatable bonds is 5. The molecular weight excluding hydrogens is 527 g/mol. The monoisotopic (exact) mass is 554 g/mol. The Hall–Kier alpha value is -2.74. The molecule has 0 aromatic heterocycles. The number of hydrogen-bond acceptors (Lipinski definition) is 4. The molecular formula is C28H27F5O4S. The molecule has 1 saturated heterocycles. The van der Waals surface area contributed by atoms with Crippen LogP contribution in [0.5, 0.6) is 0 Å². The molecule has 38 heavy (non-hydrogen) atoms. The van der Waals surface area contributed by atoms with Gasteiger partial charge in [0, 0.05) is 12.2 Å². The molecule has 2 atom stereocenters. The van der Waals surface area contributed by atoms with E-state index in [1.165, 1.54) is 37.3 Å². The number of sulfone groups is 1. The Balaban J connectivity index is 2.19. The molecule has 0 N–H and O–H groups in total. The molecule has 2 aliphatic rings. The van der Waals surface area contributed by atoms with Gasteiger partial charge in [0.15, 0.2) is 0 Å². The van der Waals surface area contributed by atoms with E-state index >= 15 is 8.78 Å². The molecule has 2 aromatic rings. The highest BCUT2D eigenvalue weighted by Gasteiger charge is 2.88. The molecule has 1 aliphatic carbocycles. The van der Waals surface area contributed by atoms with E-state index in [0.717, 1.165) is 12.1 Å². The maximum Gasteiger partial charge on any atom is 0.459 e. The molecule has 0 radical (unpaired) electrons. The lowest BCUT2D eigenvalue weighted by molar-refractivity contribution is -0.420. The van der Waals surface area contributed by atoms with Crippen molar-refractivity contribution < 1.29 is 39.8 Å². The van der Waals surface area contributed by atoms with E-state index in [2.05, 4.69) is 18.4 Å². The fraction of sp³-hybridized carbons (Fsp3) is 0.429. The first kappa shape index (κ1) is 28.3. The largest absolute Gasteiger partial charge is 0.459 e. The van der Waals surface area contributed by atoms with E-state index in [1.54, 1.807) is 18.2 Å². The lowest BCUT2D eigenvalue weighted by Crippen LogP contribution is -2.70. The molecule has 1 spiro atoms. The average Bonchev–Trinajstić information content (AvgIpc) is 3.09. The number of benzene rings is 2. The second-order valence-electron chi connectivity index (χ2n) is 9.37. The van der Waals surface area contributed by atoms with E-state index in [0.29, 0.717) is 19.3 Å².